The lowest BCUT2D eigenvalue weighted by Crippen LogP contribution is -2.69. The van der Waals surface area contributed by atoms with Crippen LogP contribution in [0.5, 0.6) is 28.7 Å². The number of benzene rings is 4. The van der Waals surface area contributed by atoms with Crippen LogP contribution in [0.25, 0.3) is 0 Å². The van der Waals surface area contributed by atoms with Gasteiger partial charge in [-0.1, -0.05) is 42.5 Å². The number of hydrogen-bond donors (Lipinski definition) is 1. The molecule has 0 saturated carbocycles. The molecule has 9 nitrogen and oxygen atoms in total. The quantitative estimate of drug-likeness (QED) is 0.344. The fourth-order valence-corrected chi connectivity index (χ4v) is 6.13. The highest BCUT2D eigenvalue weighted by Crippen LogP contribution is 2.39. The molecule has 0 bridgehead atoms. The first kappa shape index (κ1) is 26.7. The molecule has 7 rings (SSSR count). The number of carbonyl (C=O) groups is 2. The first-order chi connectivity index (χ1) is 21.0. The van der Waals surface area contributed by atoms with Crippen LogP contribution in [0.1, 0.15) is 27.0 Å². The van der Waals surface area contributed by atoms with E-state index >= 15 is 0 Å². The zero-order chi connectivity index (χ0) is 29.4. The normalized spacial score (nSPS) is 16.4. The number of phenolic OH excluding ortho intramolecular Hbond substituents is 1. The van der Waals surface area contributed by atoms with Crippen molar-refractivity contribution in [1.29, 1.82) is 0 Å². The standard InChI is InChI=1S/C34H30N2O7/c37-27-10-6-23(7-11-27)20-35-14-15-36(32(38)26-4-2-1-3-5-26)34(33(35)39,18-24-8-12-28-30(16-24)42-21-40-28)19-25-9-13-29-31(17-25)43-22-41-29/h1-13,16-17,37H,14-15,18-22H2. The van der Waals surface area contributed by atoms with Crippen molar-refractivity contribution in [1.82, 2.24) is 9.80 Å². The van der Waals surface area contributed by atoms with Crippen LogP contribution >= 0.6 is 0 Å². The zero-order valence-electron chi connectivity index (χ0n) is 23.4. The van der Waals surface area contributed by atoms with Gasteiger partial charge in [0.1, 0.15) is 11.3 Å². The number of rotatable bonds is 7. The monoisotopic (exact) mass is 578 g/mol. The predicted molar refractivity (Wildman–Crippen MR) is 156 cm³/mol. The summed E-state index contributed by atoms with van der Waals surface area (Å²) in [6.45, 7) is 1.32. The second-order valence-electron chi connectivity index (χ2n) is 11.0. The SMILES string of the molecule is O=C(c1ccccc1)N1CCN(Cc2ccc(O)cc2)C(=O)C1(Cc1ccc2c(c1)OCO2)Cc1ccc2c(c1)OCO2. The molecule has 0 radical (unpaired) electrons. The van der Waals surface area contributed by atoms with Crippen LogP contribution in [-0.2, 0) is 24.2 Å². The molecule has 0 unspecified atom stereocenters. The Morgan fingerprint density at radius 3 is 1.86 bits per heavy atom. The highest BCUT2D eigenvalue weighted by molar-refractivity contribution is 6.00. The van der Waals surface area contributed by atoms with Gasteiger partial charge in [0.25, 0.3) is 5.91 Å². The van der Waals surface area contributed by atoms with Gasteiger partial charge in [0.05, 0.1) is 0 Å². The lowest BCUT2D eigenvalue weighted by Gasteiger charge is -2.50. The van der Waals surface area contributed by atoms with Crippen molar-refractivity contribution in [2.75, 3.05) is 26.7 Å². The summed E-state index contributed by atoms with van der Waals surface area (Å²) in [4.78, 5) is 32.7. The summed E-state index contributed by atoms with van der Waals surface area (Å²) in [5.74, 6) is 2.31. The van der Waals surface area contributed by atoms with Gasteiger partial charge < -0.3 is 33.9 Å². The molecule has 0 atom stereocenters. The van der Waals surface area contributed by atoms with E-state index in [1.54, 1.807) is 34.1 Å². The average Bonchev–Trinajstić information content (AvgIpc) is 3.70. The van der Waals surface area contributed by atoms with E-state index in [9.17, 15) is 14.7 Å². The predicted octanol–water partition coefficient (Wildman–Crippen LogP) is 4.56. The highest BCUT2D eigenvalue weighted by atomic mass is 16.7. The minimum absolute atomic E-state index is 0.138. The zero-order valence-corrected chi connectivity index (χ0v) is 23.4. The molecule has 4 aromatic rings. The molecule has 218 valence electrons. The van der Waals surface area contributed by atoms with Crippen molar-refractivity contribution in [3.63, 3.8) is 0 Å². The minimum atomic E-state index is -1.27. The molecular weight excluding hydrogens is 548 g/mol. The Bertz CT molecular complexity index is 1610. The number of ether oxygens (including phenoxy) is 4. The molecular formula is C34H30N2O7. The van der Waals surface area contributed by atoms with Gasteiger partial charge in [-0.25, -0.2) is 0 Å². The van der Waals surface area contributed by atoms with E-state index < -0.39 is 5.54 Å². The van der Waals surface area contributed by atoms with Gasteiger partial charge in [-0.05, 0) is 65.2 Å². The van der Waals surface area contributed by atoms with Gasteiger partial charge in [0.2, 0.25) is 19.5 Å². The van der Waals surface area contributed by atoms with Gasteiger partial charge in [0.15, 0.2) is 23.0 Å². The van der Waals surface area contributed by atoms with Gasteiger partial charge in [-0.3, -0.25) is 9.59 Å². The lowest BCUT2D eigenvalue weighted by atomic mass is 9.79. The molecule has 1 saturated heterocycles. The number of piperazine rings is 1. The molecule has 0 aliphatic carbocycles. The van der Waals surface area contributed by atoms with Crippen LogP contribution in [0.2, 0.25) is 0 Å². The Hall–Kier alpha value is -5.18. The summed E-state index contributed by atoms with van der Waals surface area (Å²) in [5, 5.41) is 9.80. The van der Waals surface area contributed by atoms with Crippen LogP contribution in [0.4, 0.5) is 0 Å². The minimum Gasteiger partial charge on any atom is -0.508 e. The smallest absolute Gasteiger partial charge is 0.254 e. The molecule has 9 heteroatoms. The van der Waals surface area contributed by atoms with Crippen LogP contribution in [0.3, 0.4) is 0 Å². The summed E-state index contributed by atoms with van der Waals surface area (Å²) in [6, 6.07) is 27.2. The second-order valence-corrected chi connectivity index (χ2v) is 11.0. The topological polar surface area (TPSA) is 97.8 Å². The summed E-state index contributed by atoms with van der Waals surface area (Å²) < 4.78 is 22.4. The maximum absolute atomic E-state index is 14.9. The molecule has 4 aromatic carbocycles. The van der Waals surface area contributed by atoms with E-state index in [0.29, 0.717) is 48.2 Å². The van der Waals surface area contributed by atoms with Crippen molar-refractivity contribution in [3.05, 3.63) is 113 Å². The van der Waals surface area contributed by atoms with Crippen LogP contribution in [0.15, 0.2) is 91.0 Å². The van der Waals surface area contributed by atoms with Crippen LogP contribution in [-0.4, -0.2) is 58.9 Å². The van der Waals surface area contributed by atoms with Crippen molar-refractivity contribution in [3.8, 4) is 28.7 Å². The second kappa shape index (κ2) is 10.9. The molecule has 3 aliphatic rings. The summed E-state index contributed by atoms with van der Waals surface area (Å²) >= 11 is 0. The van der Waals surface area contributed by atoms with Crippen molar-refractivity contribution >= 4 is 11.8 Å². The van der Waals surface area contributed by atoms with E-state index in [1.807, 2.05) is 66.7 Å². The van der Waals surface area contributed by atoms with Gasteiger partial charge in [-0.15, -0.1) is 0 Å². The maximum Gasteiger partial charge on any atom is 0.254 e. The molecule has 1 fully saturated rings. The summed E-state index contributed by atoms with van der Waals surface area (Å²) in [6.07, 6.45) is 0.503. The number of amides is 2. The third-order valence-electron chi connectivity index (χ3n) is 8.24. The van der Waals surface area contributed by atoms with Crippen molar-refractivity contribution in [2.24, 2.45) is 0 Å². The molecule has 2 amide bonds. The number of carbonyl (C=O) groups excluding carboxylic acids is 2. The fraction of sp³-hybridized carbons (Fsp3) is 0.235. The Balaban J connectivity index is 1.34. The van der Waals surface area contributed by atoms with E-state index in [1.165, 1.54) is 0 Å². The Morgan fingerprint density at radius 2 is 1.26 bits per heavy atom. The number of nitrogens with zero attached hydrogens (tertiary/aromatic N) is 2. The fourth-order valence-electron chi connectivity index (χ4n) is 6.13. The number of aromatic hydroxyl groups is 1. The largest absolute Gasteiger partial charge is 0.508 e. The van der Waals surface area contributed by atoms with Crippen molar-refractivity contribution < 1.29 is 33.6 Å². The maximum atomic E-state index is 14.9. The highest BCUT2D eigenvalue weighted by Gasteiger charge is 2.51. The molecule has 3 aliphatic heterocycles. The van der Waals surface area contributed by atoms with Gasteiger partial charge >= 0.3 is 0 Å². The Morgan fingerprint density at radius 1 is 0.698 bits per heavy atom. The number of phenols is 1. The van der Waals surface area contributed by atoms with E-state index in [4.69, 9.17) is 18.9 Å². The lowest BCUT2D eigenvalue weighted by molar-refractivity contribution is -0.149. The van der Waals surface area contributed by atoms with Crippen molar-refractivity contribution in [2.45, 2.75) is 24.9 Å². The number of fused-ring (bicyclic) bond motifs is 2. The molecule has 0 aromatic heterocycles. The molecule has 43 heavy (non-hydrogen) atoms. The molecule has 0 spiro atoms. The third-order valence-corrected chi connectivity index (χ3v) is 8.24. The third kappa shape index (κ3) is 5.07. The molecule has 1 N–H and O–H groups in total. The van der Waals surface area contributed by atoms with Gasteiger partial charge in [0, 0.05) is 38.0 Å². The van der Waals surface area contributed by atoms with Gasteiger partial charge in [-0.2, -0.15) is 0 Å². The van der Waals surface area contributed by atoms with E-state index in [0.717, 1.165) is 16.7 Å². The van der Waals surface area contributed by atoms with Crippen LogP contribution < -0.4 is 18.9 Å². The summed E-state index contributed by atoms with van der Waals surface area (Å²) in [5.41, 5.74) is 1.81. The Labute approximate surface area is 248 Å². The first-order valence-corrected chi connectivity index (χ1v) is 14.2. The Kier molecular flexibility index (Phi) is 6.77. The van der Waals surface area contributed by atoms with Crippen LogP contribution in [0, 0.1) is 0 Å². The summed E-state index contributed by atoms with van der Waals surface area (Å²) in [7, 11) is 0. The van der Waals surface area contributed by atoms with E-state index in [2.05, 4.69) is 0 Å². The average molecular weight is 579 g/mol. The number of hydrogen-bond acceptors (Lipinski definition) is 7. The van der Waals surface area contributed by atoms with E-state index in [-0.39, 0.29) is 44.0 Å². The first-order valence-electron chi connectivity index (χ1n) is 14.2. The molecule has 3 heterocycles.